The van der Waals surface area contributed by atoms with Gasteiger partial charge in [0.2, 0.25) is 0 Å². The lowest BCUT2D eigenvalue weighted by Gasteiger charge is -2.03. The Morgan fingerprint density at radius 2 is 2.18 bits per heavy atom. The second kappa shape index (κ2) is 6.15. The first-order valence-electron chi connectivity index (χ1n) is 7.17. The van der Waals surface area contributed by atoms with Gasteiger partial charge < -0.3 is 10.7 Å². The van der Waals surface area contributed by atoms with Crippen molar-refractivity contribution in [1.82, 2.24) is 9.97 Å². The molecule has 5 heteroatoms. The van der Waals surface area contributed by atoms with E-state index in [1.165, 1.54) is 4.88 Å². The second-order valence-corrected chi connectivity index (χ2v) is 6.29. The number of aromatic nitrogens is 2. The topological polar surface area (TPSA) is 67.1 Å². The van der Waals surface area contributed by atoms with Crippen molar-refractivity contribution in [2.24, 2.45) is 10.7 Å². The van der Waals surface area contributed by atoms with Crippen LogP contribution < -0.4 is 5.73 Å². The number of benzene rings is 1. The number of H-pyrrole nitrogens is 1. The summed E-state index contributed by atoms with van der Waals surface area (Å²) in [7, 11) is 0. The van der Waals surface area contributed by atoms with Crippen LogP contribution in [-0.4, -0.2) is 21.8 Å². The summed E-state index contributed by atoms with van der Waals surface area (Å²) in [5.41, 5.74) is 8.82. The highest BCUT2D eigenvalue weighted by atomic mass is 32.1. The number of hydrogen-bond acceptors (Lipinski definition) is 3. The molecule has 3 N–H and O–H groups in total. The first-order chi connectivity index (χ1) is 10.6. The minimum absolute atomic E-state index is 0.182. The number of amidine groups is 1. The third-order valence-corrected chi connectivity index (χ3v) is 3.98. The van der Waals surface area contributed by atoms with Crippen LogP contribution in [0.15, 0.2) is 40.7 Å². The van der Waals surface area contributed by atoms with Gasteiger partial charge in [-0.05, 0) is 55.6 Å². The lowest BCUT2D eigenvalue weighted by molar-refractivity contribution is 0.834. The molecule has 0 unspecified atom stereocenters. The van der Waals surface area contributed by atoms with Gasteiger partial charge in [-0.25, -0.2) is 4.98 Å². The van der Waals surface area contributed by atoms with E-state index in [2.05, 4.69) is 32.5 Å². The maximum Gasteiger partial charge on any atom is 0.131 e. The maximum absolute atomic E-state index is 6.02. The van der Waals surface area contributed by atoms with Crippen LogP contribution in [0.1, 0.15) is 30.1 Å². The lowest BCUT2D eigenvalue weighted by atomic mass is 10.2. The third-order valence-electron chi connectivity index (χ3n) is 3.14. The molecule has 0 spiro atoms. The predicted octanol–water partition coefficient (Wildman–Crippen LogP) is 3.91. The SMILES string of the molecule is CC(C)N=C(N)c1ccc2nc(/C=C/c3cccs3)[nH]c2c1. The number of nitrogens with zero attached hydrogens (tertiary/aromatic N) is 2. The molecule has 0 amide bonds. The fourth-order valence-electron chi connectivity index (χ4n) is 2.17. The quantitative estimate of drug-likeness (QED) is 0.567. The molecule has 0 saturated heterocycles. The van der Waals surface area contributed by atoms with Crippen LogP contribution in [0.4, 0.5) is 0 Å². The van der Waals surface area contributed by atoms with E-state index in [1.54, 1.807) is 11.3 Å². The predicted molar refractivity (Wildman–Crippen MR) is 95.2 cm³/mol. The van der Waals surface area contributed by atoms with Gasteiger partial charge in [0.15, 0.2) is 0 Å². The van der Waals surface area contributed by atoms with Crippen LogP contribution in [0.2, 0.25) is 0 Å². The molecule has 0 aliphatic carbocycles. The van der Waals surface area contributed by atoms with E-state index in [1.807, 2.05) is 44.2 Å². The van der Waals surface area contributed by atoms with Crippen LogP contribution in [0, 0.1) is 0 Å². The number of nitrogens with two attached hydrogens (primary N) is 1. The Kier molecular flexibility index (Phi) is 4.06. The van der Waals surface area contributed by atoms with E-state index in [0.29, 0.717) is 5.84 Å². The molecular formula is C17H18N4S. The zero-order valence-electron chi connectivity index (χ0n) is 12.6. The number of aromatic amines is 1. The third kappa shape index (κ3) is 3.26. The Morgan fingerprint density at radius 1 is 1.32 bits per heavy atom. The summed E-state index contributed by atoms with van der Waals surface area (Å²) >= 11 is 1.70. The van der Waals surface area contributed by atoms with Gasteiger partial charge >= 0.3 is 0 Å². The molecule has 3 rings (SSSR count). The molecule has 0 bridgehead atoms. The maximum atomic E-state index is 6.02. The summed E-state index contributed by atoms with van der Waals surface area (Å²) in [5, 5.41) is 2.06. The van der Waals surface area contributed by atoms with E-state index >= 15 is 0 Å². The van der Waals surface area contributed by atoms with Crippen LogP contribution in [-0.2, 0) is 0 Å². The standard InChI is InChI=1S/C17H18N4S/c1-11(2)19-17(18)12-5-7-14-15(10-12)21-16(20-14)8-6-13-4-3-9-22-13/h3-11H,1-2H3,(H2,18,19)(H,20,21)/b8-6+. The molecule has 0 aliphatic heterocycles. The largest absolute Gasteiger partial charge is 0.383 e. The van der Waals surface area contributed by atoms with Crippen molar-refractivity contribution in [3.05, 3.63) is 52.0 Å². The molecule has 2 heterocycles. The van der Waals surface area contributed by atoms with Gasteiger partial charge in [-0.15, -0.1) is 11.3 Å². The van der Waals surface area contributed by atoms with Crippen molar-refractivity contribution < 1.29 is 0 Å². The Bertz CT molecular complexity index is 826. The van der Waals surface area contributed by atoms with Crippen LogP contribution in [0.5, 0.6) is 0 Å². The fraction of sp³-hybridized carbons (Fsp3) is 0.176. The molecule has 4 nitrogen and oxygen atoms in total. The molecule has 0 saturated carbocycles. The normalized spacial score (nSPS) is 12.8. The molecule has 2 aromatic heterocycles. The van der Waals surface area contributed by atoms with Gasteiger partial charge in [-0.2, -0.15) is 0 Å². The number of aliphatic imine (C=N–C) groups is 1. The molecule has 3 aromatic rings. The first-order valence-corrected chi connectivity index (χ1v) is 8.05. The summed E-state index contributed by atoms with van der Waals surface area (Å²) in [6.07, 6.45) is 4.04. The summed E-state index contributed by atoms with van der Waals surface area (Å²) in [6.45, 7) is 4.02. The Hall–Kier alpha value is -2.40. The molecule has 112 valence electrons. The highest BCUT2D eigenvalue weighted by molar-refractivity contribution is 7.10. The minimum Gasteiger partial charge on any atom is -0.383 e. The Labute approximate surface area is 133 Å². The number of imidazole rings is 1. The second-order valence-electron chi connectivity index (χ2n) is 5.31. The summed E-state index contributed by atoms with van der Waals surface area (Å²) in [5.74, 6) is 1.39. The van der Waals surface area contributed by atoms with E-state index in [9.17, 15) is 0 Å². The van der Waals surface area contributed by atoms with Gasteiger partial charge in [0.25, 0.3) is 0 Å². The molecule has 1 aromatic carbocycles. The van der Waals surface area contributed by atoms with Gasteiger partial charge in [-0.3, -0.25) is 4.99 Å². The van der Waals surface area contributed by atoms with Gasteiger partial charge in [0, 0.05) is 16.5 Å². The van der Waals surface area contributed by atoms with Crippen molar-refractivity contribution in [3.63, 3.8) is 0 Å². The van der Waals surface area contributed by atoms with Crippen molar-refractivity contribution in [2.75, 3.05) is 0 Å². The zero-order chi connectivity index (χ0) is 15.5. The lowest BCUT2D eigenvalue weighted by Crippen LogP contribution is -2.15. The number of nitrogens with one attached hydrogen (secondary N) is 1. The van der Waals surface area contributed by atoms with Crippen molar-refractivity contribution in [3.8, 4) is 0 Å². The number of fused-ring (bicyclic) bond motifs is 1. The van der Waals surface area contributed by atoms with Crippen molar-refractivity contribution >= 4 is 40.4 Å². The van der Waals surface area contributed by atoms with E-state index in [4.69, 9.17) is 5.73 Å². The summed E-state index contributed by atoms with van der Waals surface area (Å²) in [4.78, 5) is 13.4. The molecule has 0 radical (unpaired) electrons. The van der Waals surface area contributed by atoms with Crippen LogP contribution in [0.25, 0.3) is 23.2 Å². The fourth-order valence-corrected chi connectivity index (χ4v) is 2.79. The summed E-state index contributed by atoms with van der Waals surface area (Å²) < 4.78 is 0. The van der Waals surface area contributed by atoms with Gasteiger partial charge in [0.05, 0.1) is 11.0 Å². The Balaban J connectivity index is 1.90. The summed E-state index contributed by atoms with van der Waals surface area (Å²) in [6, 6.07) is 10.2. The number of thiophene rings is 1. The average molecular weight is 310 g/mol. The van der Waals surface area contributed by atoms with E-state index in [0.717, 1.165) is 22.4 Å². The zero-order valence-corrected chi connectivity index (χ0v) is 13.4. The molecule has 0 atom stereocenters. The number of rotatable bonds is 4. The van der Waals surface area contributed by atoms with Crippen molar-refractivity contribution in [1.29, 1.82) is 0 Å². The molecular weight excluding hydrogens is 292 g/mol. The van der Waals surface area contributed by atoms with Crippen molar-refractivity contribution in [2.45, 2.75) is 19.9 Å². The van der Waals surface area contributed by atoms with Gasteiger partial charge in [0.1, 0.15) is 11.7 Å². The highest BCUT2D eigenvalue weighted by Crippen LogP contribution is 2.17. The van der Waals surface area contributed by atoms with E-state index < -0.39 is 0 Å². The minimum atomic E-state index is 0.182. The van der Waals surface area contributed by atoms with Crippen LogP contribution in [0.3, 0.4) is 0 Å². The Morgan fingerprint density at radius 3 is 2.91 bits per heavy atom. The molecule has 0 aliphatic rings. The monoisotopic (exact) mass is 310 g/mol. The first kappa shape index (κ1) is 14.5. The smallest absolute Gasteiger partial charge is 0.131 e. The molecule has 22 heavy (non-hydrogen) atoms. The van der Waals surface area contributed by atoms with E-state index in [-0.39, 0.29) is 6.04 Å². The van der Waals surface area contributed by atoms with Gasteiger partial charge in [-0.1, -0.05) is 6.07 Å². The molecule has 0 fully saturated rings. The van der Waals surface area contributed by atoms with Crippen LogP contribution >= 0.6 is 11.3 Å². The highest BCUT2D eigenvalue weighted by Gasteiger charge is 2.05. The average Bonchev–Trinajstić information content (AvgIpc) is 3.12. The number of hydrogen-bond donors (Lipinski definition) is 2.